The fourth-order valence-electron chi connectivity index (χ4n) is 10.6. The third-order valence-electron chi connectivity index (χ3n) is 13.2. The van der Waals surface area contributed by atoms with E-state index in [1.807, 2.05) is 0 Å². The van der Waals surface area contributed by atoms with Crippen LogP contribution >= 0.6 is 0 Å². The van der Waals surface area contributed by atoms with Gasteiger partial charge in [0.2, 0.25) is 0 Å². The van der Waals surface area contributed by atoms with E-state index >= 15 is 0 Å². The number of hydrogen-bond donors (Lipinski definition) is 0. The predicted molar refractivity (Wildman–Crippen MR) is 238 cm³/mol. The summed E-state index contributed by atoms with van der Waals surface area (Å²) in [4.78, 5) is 0. The van der Waals surface area contributed by atoms with Crippen molar-refractivity contribution in [3.63, 3.8) is 0 Å². The number of ether oxygens (including phenoxy) is 1. The molecule has 12 rings (SSSR count). The molecule has 0 unspecified atom stereocenters. The summed E-state index contributed by atoms with van der Waals surface area (Å²) >= 11 is 0. The van der Waals surface area contributed by atoms with Gasteiger partial charge in [-0.3, -0.25) is 0 Å². The standard InChI is InChI=1S/C56H38O/c1-55(2)49-27-15-14-22-43(49)44-33-30-36(34-50(44)55)35-28-31-38(32-29-35)56(37-16-4-3-5-17-37)51-45-23-10-6-18-39(45)41-20-8-12-25-47(41)53(51)57-54-48-26-13-9-21-42(48)40-19-7-11-24-46(40)52(54)56/h3-34H,1-2H3. The fourth-order valence-corrected chi connectivity index (χ4v) is 10.6. The van der Waals surface area contributed by atoms with Gasteiger partial charge in [0.25, 0.3) is 0 Å². The molecule has 0 saturated heterocycles. The molecule has 1 heterocycles. The van der Waals surface area contributed by atoms with E-state index in [1.165, 1.54) is 88.0 Å². The molecule has 0 aromatic heterocycles. The normalized spacial score (nSPS) is 14.6. The van der Waals surface area contributed by atoms with E-state index in [0.717, 1.165) is 22.3 Å². The number of rotatable bonds is 3. The zero-order valence-corrected chi connectivity index (χ0v) is 31.9. The van der Waals surface area contributed by atoms with E-state index in [-0.39, 0.29) is 5.41 Å². The van der Waals surface area contributed by atoms with Gasteiger partial charge < -0.3 is 4.74 Å². The average Bonchev–Trinajstić information content (AvgIpc) is 3.51. The summed E-state index contributed by atoms with van der Waals surface area (Å²) in [5.74, 6) is 1.84. The third kappa shape index (κ3) is 4.29. The fraction of sp³-hybridized carbons (Fsp3) is 0.0714. The molecule has 0 spiro atoms. The Morgan fingerprint density at radius 1 is 0.333 bits per heavy atom. The largest absolute Gasteiger partial charge is 0.455 e. The van der Waals surface area contributed by atoms with Crippen molar-refractivity contribution in [3.05, 3.63) is 228 Å². The molecule has 1 heteroatoms. The van der Waals surface area contributed by atoms with E-state index in [0.29, 0.717) is 0 Å². The Labute approximate surface area is 332 Å². The SMILES string of the molecule is CC1(C)c2ccccc2-c2ccc(-c3ccc(C4(c5ccccc5)c5c(c6ccccc6c6ccccc56)Oc5c4c4ccccc4c4ccccc54)cc3)cc21. The molecule has 0 atom stereocenters. The van der Waals surface area contributed by atoms with Crippen LogP contribution in [0.25, 0.3) is 65.3 Å². The summed E-state index contributed by atoms with van der Waals surface area (Å²) in [5.41, 5.74) is 11.9. The summed E-state index contributed by atoms with van der Waals surface area (Å²) in [6.07, 6.45) is 0. The lowest BCUT2D eigenvalue weighted by atomic mass is 9.61. The molecule has 0 amide bonds. The Bertz CT molecular complexity index is 3150. The molecule has 2 aliphatic rings. The van der Waals surface area contributed by atoms with E-state index in [4.69, 9.17) is 4.74 Å². The topological polar surface area (TPSA) is 9.23 Å². The molecule has 0 fully saturated rings. The lowest BCUT2D eigenvalue weighted by Gasteiger charge is -2.44. The Hall–Kier alpha value is -6.96. The van der Waals surface area contributed by atoms with Crippen molar-refractivity contribution in [1.29, 1.82) is 0 Å². The van der Waals surface area contributed by atoms with E-state index in [9.17, 15) is 0 Å². The molecular formula is C56H38O. The zero-order valence-electron chi connectivity index (χ0n) is 31.9. The van der Waals surface area contributed by atoms with E-state index in [1.54, 1.807) is 0 Å². The smallest absolute Gasteiger partial charge is 0.140 e. The quantitative estimate of drug-likeness (QED) is 0.165. The average molecular weight is 727 g/mol. The predicted octanol–water partition coefficient (Wildman–Crippen LogP) is 14.8. The summed E-state index contributed by atoms with van der Waals surface area (Å²) < 4.78 is 7.50. The molecule has 10 aromatic carbocycles. The van der Waals surface area contributed by atoms with Gasteiger partial charge in [-0.25, -0.2) is 0 Å². The molecule has 268 valence electrons. The van der Waals surface area contributed by atoms with Gasteiger partial charge >= 0.3 is 0 Å². The Balaban J connectivity index is 1.20. The first-order valence-corrected chi connectivity index (χ1v) is 20.0. The van der Waals surface area contributed by atoms with Crippen LogP contribution in [-0.2, 0) is 10.8 Å². The van der Waals surface area contributed by atoms with Crippen molar-refractivity contribution < 1.29 is 4.74 Å². The van der Waals surface area contributed by atoms with Crippen LogP contribution in [-0.4, -0.2) is 0 Å². The minimum absolute atomic E-state index is 0.0670. The molecule has 0 N–H and O–H groups in total. The maximum atomic E-state index is 7.50. The van der Waals surface area contributed by atoms with E-state index < -0.39 is 5.41 Å². The van der Waals surface area contributed by atoms with Gasteiger partial charge in [0.15, 0.2) is 0 Å². The van der Waals surface area contributed by atoms with Crippen LogP contribution in [0.2, 0.25) is 0 Å². The van der Waals surface area contributed by atoms with Crippen LogP contribution in [0.1, 0.15) is 47.2 Å². The first kappa shape index (κ1) is 32.3. The monoisotopic (exact) mass is 726 g/mol. The molecule has 0 saturated carbocycles. The summed E-state index contributed by atoms with van der Waals surface area (Å²) in [6, 6.07) is 71.9. The highest BCUT2D eigenvalue weighted by Crippen LogP contribution is 2.62. The molecule has 57 heavy (non-hydrogen) atoms. The summed E-state index contributed by atoms with van der Waals surface area (Å²) in [5, 5.41) is 9.47. The Kier molecular flexibility index (Phi) is 6.67. The second-order valence-corrected chi connectivity index (χ2v) is 16.3. The lowest BCUT2D eigenvalue weighted by molar-refractivity contribution is 0.449. The maximum absolute atomic E-state index is 7.50. The van der Waals surface area contributed by atoms with Crippen molar-refractivity contribution in [2.75, 3.05) is 0 Å². The number of fused-ring (bicyclic) bond motifs is 15. The van der Waals surface area contributed by atoms with Crippen molar-refractivity contribution in [3.8, 4) is 33.8 Å². The molecule has 1 aliphatic heterocycles. The second kappa shape index (κ2) is 11.8. The second-order valence-electron chi connectivity index (χ2n) is 16.3. The van der Waals surface area contributed by atoms with Crippen LogP contribution in [0, 0.1) is 0 Å². The number of benzene rings is 10. The zero-order chi connectivity index (χ0) is 37.9. The van der Waals surface area contributed by atoms with Crippen molar-refractivity contribution in [2.24, 2.45) is 0 Å². The van der Waals surface area contributed by atoms with Crippen LogP contribution in [0.5, 0.6) is 11.5 Å². The molecule has 0 radical (unpaired) electrons. The minimum atomic E-state index is -0.739. The molecule has 0 bridgehead atoms. The summed E-state index contributed by atoms with van der Waals surface area (Å²) in [7, 11) is 0. The first-order valence-electron chi connectivity index (χ1n) is 20.0. The minimum Gasteiger partial charge on any atom is -0.455 e. The van der Waals surface area contributed by atoms with Crippen molar-refractivity contribution in [1.82, 2.24) is 0 Å². The van der Waals surface area contributed by atoms with Crippen LogP contribution in [0.15, 0.2) is 194 Å². The van der Waals surface area contributed by atoms with E-state index in [2.05, 4.69) is 208 Å². The van der Waals surface area contributed by atoms with Crippen LogP contribution in [0.4, 0.5) is 0 Å². The van der Waals surface area contributed by atoms with Crippen LogP contribution in [0.3, 0.4) is 0 Å². The Morgan fingerprint density at radius 2 is 0.754 bits per heavy atom. The highest BCUT2D eigenvalue weighted by Gasteiger charge is 2.49. The van der Waals surface area contributed by atoms with Gasteiger partial charge in [-0.2, -0.15) is 0 Å². The number of hydrogen-bond acceptors (Lipinski definition) is 1. The van der Waals surface area contributed by atoms with Crippen LogP contribution < -0.4 is 4.74 Å². The highest BCUT2D eigenvalue weighted by atomic mass is 16.5. The molecular weight excluding hydrogens is 689 g/mol. The van der Waals surface area contributed by atoms with Crippen molar-refractivity contribution >= 4 is 43.1 Å². The lowest BCUT2D eigenvalue weighted by Crippen LogP contribution is -2.35. The Morgan fingerprint density at radius 3 is 1.33 bits per heavy atom. The maximum Gasteiger partial charge on any atom is 0.140 e. The molecule has 1 nitrogen and oxygen atoms in total. The van der Waals surface area contributed by atoms with Gasteiger partial charge in [-0.15, -0.1) is 0 Å². The third-order valence-corrected chi connectivity index (χ3v) is 13.2. The van der Waals surface area contributed by atoms with Gasteiger partial charge in [0.05, 0.1) is 5.41 Å². The summed E-state index contributed by atoms with van der Waals surface area (Å²) in [6.45, 7) is 4.71. The molecule has 1 aliphatic carbocycles. The van der Waals surface area contributed by atoms with Gasteiger partial charge in [0.1, 0.15) is 11.5 Å². The van der Waals surface area contributed by atoms with Crippen molar-refractivity contribution in [2.45, 2.75) is 24.7 Å². The van der Waals surface area contributed by atoms with Gasteiger partial charge in [0, 0.05) is 27.3 Å². The van der Waals surface area contributed by atoms with Gasteiger partial charge in [-0.1, -0.05) is 202 Å². The molecule has 10 aromatic rings. The van der Waals surface area contributed by atoms with Gasteiger partial charge in [-0.05, 0) is 82.9 Å². The highest BCUT2D eigenvalue weighted by molar-refractivity contribution is 6.18. The first-order chi connectivity index (χ1) is 28.0.